The Bertz CT molecular complexity index is 794. The molecule has 0 aliphatic carbocycles. The molecule has 0 N–H and O–H groups in total. The van der Waals surface area contributed by atoms with E-state index in [1.165, 1.54) is 6.07 Å². The van der Waals surface area contributed by atoms with Crippen molar-refractivity contribution in [2.45, 2.75) is 6.54 Å². The molecule has 3 rings (SSSR count). The molecule has 0 amide bonds. The maximum absolute atomic E-state index is 13.2. The van der Waals surface area contributed by atoms with E-state index >= 15 is 0 Å². The van der Waals surface area contributed by atoms with Gasteiger partial charge in [-0.15, -0.1) is 0 Å². The molecule has 4 heteroatoms. The van der Waals surface area contributed by atoms with E-state index in [1.54, 1.807) is 18.2 Å². The Balaban J connectivity index is 2.01. The average Bonchev–Trinajstić information content (AvgIpc) is 2.85. The van der Waals surface area contributed by atoms with Crippen molar-refractivity contribution in [3.05, 3.63) is 70.6 Å². The highest BCUT2D eigenvalue weighted by Gasteiger charge is 2.05. The Morgan fingerprint density at radius 1 is 1.15 bits per heavy atom. The molecule has 0 saturated carbocycles. The quantitative estimate of drug-likeness (QED) is 0.659. The maximum atomic E-state index is 13.2. The maximum Gasteiger partial charge on any atom is 0.150 e. The minimum absolute atomic E-state index is 0.118. The van der Waals surface area contributed by atoms with Gasteiger partial charge < -0.3 is 4.57 Å². The zero-order valence-corrected chi connectivity index (χ0v) is 11.3. The Morgan fingerprint density at radius 3 is 2.75 bits per heavy atom. The normalized spacial score (nSPS) is 10.9. The molecule has 0 spiro atoms. The molecule has 3 aromatic rings. The van der Waals surface area contributed by atoms with E-state index in [0.29, 0.717) is 12.1 Å². The van der Waals surface area contributed by atoms with Crippen LogP contribution in [0.3, 0.4) is 0 Å². The van der Waals surface area contributed by atoms with Crippen LogP contribution in [0.5, 0.6) is 0 Å². The van der Waals surface area contributed by atoms with Gasteiger partial charge in [0.15, 0.2) is 0 Å². The van der Waals surface area contributed by atoms with Crippen LogP contribution in [0.1, 0.15) is 15.9 Å². The van der Waals surface area contributed by atoms with Crippen molar-refractivity contribution in [2.75, 3.05) is 0 Å². The van der Waals surface area contributed by atoms with Crippen LogP contribution < -0.4 is 0 Å². The summed E-state index contributed by atoms with van der Waals surface area (Å²) in [4.78, 5) is 10.9. The van der Waals surface area contributed by atoms with E-state index in [2.05, 4.69) is 0 Å². The molecule has 0 aliphatic rings. The predicted octanol–water partition coefficient (Wildman–Crippen LogP) is 4.29. The van der Waals surface area contributed by atoms with E-state index in [9.17, 15) is 9.18 Å². The zero-order chi connectivity index (χ0) is 14.1. The van der Waals surface area contributed by atoms with Crippen molar-refractivity contribution >= 4 is 28.8 Å². The molecule has 20 heavy (non-hydrogen) atoms. The monoisotopic (exact) mass is 287 g/mol. The second kappa shape index (κ2) is 5.10. The van der Waals surface area contributed by atoms with Gasteiger partial charge >= 0.3 is 0 Å². The van der Waals surface area contributed by atoms with Gasteiger partial charge in [0, 0.05) is 23.8 Å². The topological polar surface area (TPSA) is 22.0 Å². The molecule has 2 nitrogen and oxygen atoms in total. The lowest BCUT2D eigenvalue weighted by Gasteiger charge is -2.07. The van der Waals surface area contributed by atoms with Crippen molar-refractivity contribution < 1.29 is 9.18 Å². The van der Waals surface area contributed by atoms with Gasteiger partial charge in [0.2, 0.25) is 0 Å². The van der Waals surface area contributed by atoms with Crippen LogP contribution in [-0.4, -0.2) is 10.9 Å². The largest absolute Gasteiger partial charge is 0.343 e. The molecule has 0 saturated heterocycles. The second-order valence-electron chi connectivity index (χ2n) is 4.63. The summed E-state index contributed by atoms with van der Waals surface area (Å²) in [6, 6.07) is 12.2. The fraction of sp³-hybridized carbons (Fsp3) is 0.0625. The molecule has 100 valence electrons. The zero-order valence-electron chi connectivity index (χ0n) is 10.5. The highest BCUT2D eigenvalue weighted by Crippen LogP contribution is 2.21. The first kappa shape index (κ1) is 12.9. The molecule has 0 bridgehead atoms. The number of carbonyl (C=O) groups excluding carboxylic acids is 1. The highest BCUT2D eigenvalue weighted by atomic mass is 35.5. The lowest BCUT2D eigenvalue weighted by molar-refractivity contribution is 0.112. The van der Waals surface area contributed by atoms with Gasteiger partial charge in [-0.3, -0.25) is 4.79 Å². The van der Waals surface area contributed by atoms with Gasteiger partial charge in [-0.2, -0.15) is 0 Å². The van der Waals surface area contributed by atoms with Gasteiger partial charge in [-0.25, -0.2) is 4.39 Å². The van der Waals surface area contributed by atoms with Gasteiger partial charge in [-0.05, 0) is 35.2 Å². The lowest BCUT2D eigenvalue weighted by atomic mass is 10.2. The van der Waals surface area contributed by atoms with Crippen molar-refractivity contribution in [3.8, 4) is 0 Å². The fourth-order valence-corrected chi connectivity index (χ4v) is 2.45. The molecule has 0 atom stereocenters. The van der Waals surface area contributed by atoms with E-state index < -0.39 is 5.82 Å². The number of aldehydes is 1. The number of rotatable bonds is 3. The van der Waals surface area contributed by atoms with Crippen molar-refractivity contribution in [1.29, 1.82) is 0 Å². The molecule has 1 heterocycles. The molecule has 0 unspecified atom stereocenters. The van der Waals surface area contributed by atoms with Gasteiger partial charge in [0.05, 0.1) is 5.02 Å². The van der Waals surface area contributed by atoms with E-state index in [1.807, 2.05) is 29.0 Å². The third-order valence-electron chi connectivity index (χ3n) is 3.27. The first-order chi connectivity index (χ1) is 9.67. The van der Waals surface area contributed by atoms with Gasteiger partial charge in [-0.1, -0.05) is 29.8 Å². The summed E-state index contributed by atoms with van der Waals surface area (Å²) in [6.07, 6.45) is 2.77. The summed E-state index contributed by atoms with van der Waals surface area (Å²) in [5.74, 6) is -0.420. The fourth-order valence-electron chi connectivity index (χ4n) is 2.25. The smallest absolute Gasteiger partial charge is 0.150 e. The molecular weight excluding hydrogens is 277 g/mol. The molecule has 0 radical (unpaired) electrons. The predicted molar refractivity (Wildman–Crippen MR) is 77.8 cm³/mol. The standard InChI is InChI=1S/C16H11ClFNO/c17-14-7-11(2-4-15(14)18)9-19-6-5-13-3-1-12(10-20)8-16(13)19/h1-8,10H,9H2. The number of fused-ring (bicyclic) bond motifs is 1. The average molecular weight is 288 g/mol. The summed E-state index contributed by atoms with van der Waals surface area (Å²) < 4.78 is 15.2. The minimum Gasteiger partial charge on any atom is -0.343 e. The van der Waals surface area contributed by atoms with Crippen molar-refractivity contribution in [1.82, 2.24) is 4.57 Å². The summed E-state index contributed by atoms with van der Waals surface area (Å²) in [5, 5.41) is 1.18. The van der Waals surface area contributed by atoms with Crippen LogP contribution in [0.2, 0.25) is 5.02 Å². The number of hydrogen-bond donors (Lipinski definition) is 0. The van der Waals surface area contributed by atoms with Crippen LogP contribution >= 0.6 is 11.6 Å². The summed E-state index contributed by atoms with van der Waals surface area (Å²) in [7, 11) is 0. The van der Waals surface area contributed by atoms with Crippen LogP contribution in [0.25, 0.3) is 10.9 Å². The Hall–Kier alpha value is -2.13. The lowest BCUT2D eigenvalue weighted by Crippen LogP contribution is -1.98. The van der Waals surface area contributed by atoms with E-state index in [4.69, 9.17) is 11.6 Å². The SMILES string of the molecule is O=Cc1ccc2ccn(Cc3ccc(F)c(Cl)c3)c2c1. The van der Waals surface area contributed by atoms with Crippen LogP contribution in [0.15, 0.2) is 48.7 Å². The van der Waals surface area contributed by atoms with E-state index in [0.717, 1.165) is 22.8 Å². The number of hydrogen-bond acceptors (Lipinski definition) is 1. The third kappa shape index (κ3) is 2.32. The first-order valence-electron chi connectivity index (χ1n) is 6.15. The summed E-state index contributed by atoms with van der Waals surface area (Å²) >= 11 is 5.79. The van der Waals surface area contributed by atoms with Crippen LogP contribution in [0.4, 0.5) is 4.39 Å². The number of aromatic nitrogens is 1. The Morgan fingerprint density at radius 2 is 2.00 bits per heavy atom. The first-order valence-corrected chi connectivity index (χ1v) is 6.53. The molecule has 2 aromatic carbocycles. The number of nitrogens with zero attached hydrogens (tertiary/aromatic N) is 1. The minimum atomic E-state index is -0.420. The molecule has 0 aliphatic heterocycles. The van der Waals surface area contributed by atoms with E-state index in [-0.39, 0.29) is 5.02 Å². The Labute approximate surface area is 120 Å². The van der Waals surface area contributed by atoms with Gasteiger partial charge in [0.1, 0.15) is 12.1 Å². The van der Waals surface area contributed by atoms with Crippen molar-refractivity contribution in [3.63, 3.8) is 0 Å². The second-order valence-corrected chi connectivity index (χ2v) is 5.04. The molecule has 1 aromatic heterocycles. The summed E-state index contributed by atoms with van der Waals surface area (Å²) in [5.41, 5.74) is 2.51. The van der Waals surface area contributed by atoms with Gasteiger partial charge in [0.25, 0.3) is 0 Å². The molecular formula is C16H11ClFNO. The third-order valence-corrected chi connectivity index (χ3v) is 3.56. The van der Waals surface area contributed by atoms with Crippen LogP contribution in [-0.2, 0) is 6.54 Å². The molecule has 0 fully saturated rings. The van der Waals surface area contributed by atoms with Crippen molar-refractivity contribution in [2.24, 2.45) is 0 Å². The highest BCUT2D eigenvalue weighted by molar-refractivity contribution is 6.30. The van der Waals surface area contributed by atoms with Crippen LogP contribution in [0, 0.1) is 5.82 Å². The number of benzene rings is 2. The summed E-state index contributed by atoms with van der Waals surface area (Å²) in [6.45, 7) is 0.575. The number of carbonyl (C=O) groups is 1. The Kier molecular flexibility index (Phi) is 3.28. The number of halogens is 2.